The van der Waals surface area contributed by atoms with Gasteiger partial charge in [-0.25, -0.2) is 0 Å². The van der Waals surface area contributed by atoms with Crippen LogP contribution in [0.1, 0.15) is 41.1 Å². The molecule has 6 heteroatoms. The molecule has 6 nitrogen and oxygen atoms in total. The molecule has 0 radical (unpaired) electrons. The topological polar surface area (TPSA) is 83.1 Å². The molecule has 0 atom stereocenters. The average molecular weight is 409 g/mol. The average Bonchev–Trinajstić information content (AvgIpc) is 3.14. The highest BCUT2D eigenvalue weighted by Crippen LogP contribution is 2.46. The summed E-state index contributed by atoms with van der Waals surface area (Å²) < 4.78 is 12.0. The molecule has 0 fully saturated rings. The van der Waals surface area contributed by atoms with Crippen molar-refractivity contribution < 1.29 is 24.2 Å². The van der Waals surface area contributed by atoms with Crippen LogP contribution < -0.4 is 4.74 Å². The molecular weight excluding hydrogens is 382 g/mol. The van der Waals surface area contributed by atoms with Crippen LogP contribution in [0, 0.1) is 0 Å². The SMILES string of the molecule is CC1(C)c2cc(OCCN(CCO)CCO)ccc2C(=O)c2c1oc1ccccc21. The minimum Gasteiger partial charge on any atom is -0.492 e. The number of aliphatic hydroxyl groups excluding tert-OH is 2. The van der Waals surface area contributed by atoms with Gasteiger partial charge in [0.05, 0.1) is 18.8 Å². The summed E-state index contributed by atoms with van der Waals surface area (Å²) >= 11 is 0. The standard InChI is InChI=1S/C24H27NO5/c1-24(2)19-15-16(29-14-11-25(9-12-26)10-13-27)7-8-17(19)22(28)21-18-5-3-4-6-20(18)30-23(21)24/h3-8,15,26-27H,9-14H2,1-2H3. The first kappa shape index (κ1) is 20.6. The van der Waals surface area contributed by atoms with Gasteiger partial charge in [-0.3, -0.25) is 9.69 Å². The van der Waals surface area contributed by atoms with Gasteiger partial charge in [0, 0.05) is 36.0 Å². The van der Waals surface area contributed by atoms with Crippen molar-refractivity contribution in [3.8, 4) is 5.75 Å². The molecule has 0 bridgehead atoms. The second-order valence-corrected chi connectivity index (χ2v) is 8.10. The third-order valence-electron chi connectivity index (χ3n) is 5.81. The van der Waals surface area contributed by atoms with E-state index in [1.165, 1.54) is 0 Å². The van der Waals surface area contributed by atoms with E-state index in [-0.39, 0.29) is 19.0 Å². The molecule has 1 heterocycles. The van der Waals surface area contributed by atoms with E-state index in [2.05, 4.69) is 13.8 Å². The number of ether oxygens (including phenoxy) is 1. The van der Waals surface area contributed by atoms with E-state index in [0.29, 0.717) is 48.9 Å². The fourth-order valence-corrected chi connectivity index (χ4v) is 4.21. The predicted molar refractivity (Wildman–Crippen MR) is 114 cm³/mol. The quantitative estimate of drug-likeness (QED) is 0.595. The van der Waals surface area contributed by atoms with Crippen molar-refractivity contribution in [2.45, 2.75) is 19.3 Å². The molecule has 1 aliphatic carbocycles. The normalized spacial score (nSPS) is 14.8. The Balaban J connectivity index is 1.61. The number of para-hydroxylation sites is 1. The molecule has 0 saturated carbocycles. The van der Waals surface area contributed by atoms with Crippen molar-refractivity contribution in [2.24, 2.45) is 0 Å². The number of ketones is 1. The summed E-state index contributed by atoms with van der Waals surface area (Å²) in [5.74, 6) is 1.35. The zero-order valence-corrected chi connectivity index (χ0v) is 17.4. The van der Waals surface area contributed by atoms with Crippen LogP contribution in [0.25, 0.3) is 11.0 Å². The van der Waals surface area contributed by atoms with E-state index < -0.39 is 5.41 Å². The molecule has 0 amide bonds. The highest BCUT2D eigenvalue weighted by molar-refractivity contribution is 6.19. The first-order valence-electron chi connectivity index (χ1n) is 10.3. The van der Waals surface area contributed by atoms with Gasteiger partial charge in [-0.2, -0.15) is 0 Å². The van der Waals surface area contributed by atoms with E-state index in [1.54, 1.807) is 0 Å². The van der Waals surface area contributed by atoms with Gasteiger partial charge in [0.25, 0.3) is 0 Å². The predicted octanol–water partition coefficient (Wildman–Crippen LogP) is 2.97. The lowest BCUT2D eigenvalue weighted by Gasteiger charge is -2.31. The number of hydrogen-bond donors (Lipinski definition) is 2. The van der Waals surface area contributed by atoms with E-state index >= 15 is 0 Å². The van der Waals surface area contributed by atoms with Crippen molar-refractivity contribution in [1.29, 1.82) is 0 Å². The zero-order chi connectivity index (χ0) is 21.3. The molecule has 0 aliphatic heterocycles. The van der Waals surface area contributed by atoms with Gasteiger partial charge < -0.3 is 19.4 Å². The number of carbonyl (C=O) groups is 1. The Labute approximate surface area is 175 Å². The fourth-order valence-electron chi connectivity index (χ4n) is 4.21. The minimum atomic E-state index is -0.475. The number of furan rings is 1. The van der Waals surface area contributed by atoms with E-state index in [9.17, 15) is 4.79 Å². The van der Waals surface area contributed by atoms with Crippen LogP contribution in [0.15, 0.2) is 46.9 Å². The summed E-state index contributed by atoms with van der Waals surface area (Å²) in [7, 11) is 0. The highest BCUT2D eigenvalue weighted by Gasteiger charge is 2.41. The van der Waals surface area contributed by atoms with Gasteiger partial charge in [-0.1, -0.05) is 18.2 Å². The van der Waals surface area contributed by atoms with Crippen LogP contribution in [0.4, 0.5) is 0 Å². The molecular formula is C24H27NO5. The monoisotopic (exact) mass is 409 g/mol. The number of carbonyl (C=O) groups excluding carboxylic acids is 1. The van der Waals surface area contributed by atoms with Crippen molar-refractivity contribution in [3.63, 3.8) is 0 Å². The Morgan fingerprint density at radius 1 is 1.03 bits per heavy atom. The third kappa shape index (κ3) is 3.51. The van der Waals surface area contributed by atoms with Gasteiger partial charge in [0.15, 0.2) is 5.78 Å². The van der Waals surface area contributed by atoms with Gasteiger partial charge in [0.1, 0.15) is 23.7 Å². The molecule has 30 heavy (non-hydrogen) atoms. The number of hydrogen-bond acceptors (Lipinski definition) is 6. The van der Waals surface area contributed by atoms with Crippen molar-refractivity contribution >= 4 is 16.8 Å². The largest absolute Gasteiger partial charge is 0.492 e. The molecule has 4 rings (SSSR count). The summed E-state index contributed by atoms with van der Waals surface area (Å²) in [6.07, 6.45) is 0. The Bertz CT molecular complexity index is 1060. The molecule has 0 saturated heterocycles. The first-order chi connectivity index (χ1) is 14.5. The minimum absolute atomic E-state index is 0.0205. The number of aliphatic hydroxyl groups is 2. The van der Waals surface area contributed by atoms with Crippen LogP contribution in [0.5, 0.6) is 5.75 Å². The Hall–Kier alpha value is -2.67. The van der Waals surface area contributed by atoms with Crippen molar-refractivity contribution in [1.82, 2.24) is 4.90 Å². The number of fused-ring (bicyclic) bond motifs is 4. The molecule has 2 aromatic carbocycles. The van der Waals surface area contributed by atoms with Crippen molar-refractivity contribution in [3.05, 3.63) is 64.9 Å². The molecule has 0 spiro atoms. The second-order valence-electron chi connectivity index (χ2n) is 8.10. The summed E-state index contributed by atoms with van der Waals surface area (Å²) in [6.45, 7) is 6.19. The number of nitrogens with zero attached hydrogens (tertiary/aromatic N) is 1. The van der Waals surface area contributed by atoms with Gasteiger partial charge in [0.2, 0.25) is 0 Å². The van der Waals surface area contributed by atoms with Crippen LogP contribution >= 0.6 is 0 Å². The molecule has 158 valence electrons. The van der Waals surface area contributed by atoms with Gasteiger partial charge >= 0.3 is 0 Å². The first-order valence-corrected chi connectivity index (χ1v) is 10.3. The summed E-state index contributed by atoms with van der Waals surface area (Å²) in [6, 6.07) is 13.2. The summed E-state index contributed by atoms with van der Waals surface area (Å²) in [5.41, 5.74) is 2.46. The van der Waals surface area contributed by atoms with Crippen LogP contribution in [0.2, 0.25) is 0 Å². The lowest BCUT2D eigenvalue weighted by molar-refractivity contribution is 0.102. The van der Waals surface area contributed by atoms with Crippen molar-refractivity contribution in [2.75, 3.05) is 39.5 Å². The van der Waals surface area contributed by atoms with Crippen LogP contribution in [-0.2, 0) is 5.41 Å². The lowest BCUT2D eigenvalue weighted by Crippen LogP contribution is -2.33. The van der Waals surface area contributed by atoms with E-state index in [4.69, 9.17) is 19.4 Å². The van der Waals surface area contributed by atoms with Gasteiger partial charge in [-0.05, 0) is 43.7 Å². The fraction of sp³-hybridized carbons (Fsp3) is 0.375. The van der Waals surface area contributed by atoms with Crippen LogP contribution in [0.3, 0.4) is 0 Å². The molecule has 2 N–H and O–H groups in total. The smallest absolute Gasteiger partial charge is 0.197 e. The highest BCUT2D eigenvalue weighted by atomic mass is 16.5. The van der Waals surface area contributed by atoms with E-state index in [1.807, 2.05) is 47.4 Å². The number of benzene rings is 2. The van der Waals surface area contributed by atoms with Crippen LogP contribution in [-0.4, -0.2) is 60.4 Å². The molecule has 0 unspecified atom stereocenters. The van der Waals surface area contributed by atoms with Gasteiger partial charge in [-0.15, -0.1) is 0 Å². The Morgan fingerprint density at radius 3 is 2.50 bits per heavy atom. The third-order valence-corrected chi connectivity index (χ3v) is 5.81. The molecule has 1 aromatic heterocycles. The maximum atomic E-state index is 13.3. The second kappa shape index (κ2) is 8.22. The van der Waals surface area contributed by atoms with E-state index in [0.717, 1.165) is 16.5 Å². The Morgan fingerprint density at radius 2 is 1.77 bits per heavy atom. The summed E-state index contributed by atoms with van der Waals surface area (Å²) in [5, 5.41) is 19.1. The zero-order valence-electron chi connectivity index (χ0n) is 17.4. The molecule has 1 aliphatic rings. The molecule has 3 aromatic rings. The maximum Gasteiger partial charge on any atom is 0.197 e. The Kier molecular flexibility index (Phi) is 5.64. The number of rotatable bonds is 8. The maximum absolute atomic E-state index is 13.3. The lowest BCUT2D eigenvalue weighted by atomic mass is 9.72. The summed E-state index contributed by atoms with van der Waals surface area (Å²) in [4.78, 5) is 15.2.